The Kier molecular flexibility index (Phi) is 3.01. The van der Waals surface area contributed by atoms with E-state index in [-0.39, 0.29) is 0 Å². The molecule has 0 saturated carbocycles. The first-order valence-electron chi connectivity index (χ1n) is 4.81. The maximum Gasteiger partial charge on any atom is 0.0125 e. The van der Waals surface area contributed by atoms with Gasteiger partial charge in [-0.25, -0.2) is 0 Å². The van der Waals surface area contributed by atoms with Crippen LogP contribution in [0.25, 0.3) is 11.1 Å². The van der Waals surface area contributed by atoms with E-state index in [9.17, 15) is 0 Å². The summed E-state index contributed by atoms with van der Waals surface area (Å²) in [6, 6.07) is 4.29. The second-order valence-electron chi connectivity index (χ2n) is 3.25. The van der Waals surface area contributed by atoms with E-state index in [0.29, 0.717) is 0 Å². The fraction of sp³-hybridized carbons (Fsp3) is 0.273. The zero-order valence-corrected chi connectivity index (χ0v) is 8.81. The van der Waals surface area contributed by atoms with Crippen LogP contribution in [0.15, 0.2) is 29.9 Å². The quantitative estimate of drug-likeness (QED) is 0.793. The van der Waals surface area contributed by atoms with Gasteiger partial charge in [0, 0.05) is 22.8 Å². The molecule has 0 amide bonds. The Morgan fingerprint density at radius 1 is 1.36 bits per heavy atom. The highest BCUT2D eigenvalue weighted by Gasteiger charge is 2.05. The van der Waals surface area contributed by atoms with E-state index in [1.54, 1.807) is 0 Å². The zero-order chi connectivity index (χ0) is 9.80. The number of hydrogen-bond donors (Lipinski definition) is 2. The molecule has 0 aliphatic carbocycles. The lowest BCUT2D eigenvalue weighted by atomic mass is 10.1. The third-order valence-corrected chi connectivity index (χ3v) is 3.24. The van der Waals surface area contributed by atoms with E-state index in [2.05, 4.69) is 22.5 Å². The molecule has 0 aliphatic heterocycles. The molecule has 2 heterocycles. The van der Waals surface area contributed by atoms with Crippen molar-refractivity contribution in [2.75, 3.05) is 6.54 Å². The minimum atomic E-state index is 0.768. The molecule has 0 fully saturated rings. The predicted octanol–water partition coefficient (Wildman–Crippen LogP) is 2.63. The molecule has 0 spiro atoms. The molecule has 0 aliphatic rings. The summed E-state index contributed by atoms with van der Waals surface area (Å²) in [5, 5.41) is 2.15. The van der Waals surface area contributed by atoms with Gasteiger partial charge in [-0.05, 0) is 42.5 Å². The van der Waals surface area contributed by atoms with Crippen LogP contribution in [0.4, 0.5) is 0 Å². The van der Waals surface area contributed by atoms with Crippen LogP contribution in [-0.2, 0) is 6.42 Å². The van der Waals surface area contributed by atoms with Gasteiger partial charge in [0.15, 0.2) is 0 Å². The SMILES string of the molecule is NCCCc1sccc1-c1cc[nH]c1. The van der Waals surface area contributed by atoms with Crippen LogP contribution in [0.5, 0.6) is 0 Å². The second kappa shape index (κ2) is 4.44. The monoisotopic (exact) mass is 206 g/mol. The van der Waals surface area contributed by atoms with Crippen molar-refractivity contribution in [3.63, 3.8) is 0 Å². The molecule has 2 nitrogen and oxygen atoms in total. The highest BCUT2D eigenvalue weighted by molar-refractivity contribution is 7.10. The largest absolute Gasteiger partial charge is 0.367 e. The Morgan fingerprint density at radius 2 is 2.29 bits per heavy atom. The van der Waals surface area contributed by atoms with Crippen molar-refractivity contribution in [1.29, 1.82) is 0 Å². The summed E-state index contributed by atoms with van der Waals surface area (Å²) < 4.78 is 0. The molecule has 0 atom stereocenters. The molecule has 3 heteroatoms. The van der Waals surface area contributed by atoms with Gasteiger partial charge in [-0.1, -0.05) is 0 Å². The van der Waals surface area contributed by atoms with Crippen LogP contribution in [-0.4, -0.2) is 11.5 Å². The average Bonchev–Trinajstić information content (AvgIpc) is 2.84. The van der Waals surface area contributed by atoms with E-state index in [0.717, 1.165) is 19.4 Å². The van der Waals surface area contributed by atoms with E-state index in [4.69, 9.17) is 5.73 Å². The van der Waals surface area contributed by atoms with Crippen LogP contribution >= 0.6 is 11.3 Å². The lowest BCUT2D eigenvalue weighted by Gasteiger charge is -2.00. The first-order valence-corrected chi connectivity index (χ1v) is 5.69. The highest BCUT2D eigenvalue weighted by Crippen LogP contribution is 2.28. The van der Waals surface area contributed by atoms with Crippen LogP contribution in [0.2, 0.25) is 0 Å². The van der Waals surface area contributed by atoms with E-state index in [1.165, 1.54) is 16.0 Å². The van der Waals surface area contributed by atoms with Crippen molar-refractivity contribution >= 4 is 11.3 Å². The normalized spacial score (nSPS) is 10.6. The van der Waals surface area contributed by atoms with Crippen LogP contribution < -0.4 is 5.73 Å². The third kappa shape index (κ3) is 1.89. The zero-order valence-electron chi connectivity index (χ0n) is 7.99. The summed E-state index contributed by atoms with van der Waals surface area (Å²) in [4.78, 5) is 4.52. The summed E-state index contributed by atoms with van der Waals surface area (Å²) in [5.41, 5.74) is 8.14. The van der Waals surface area contributed by atoms with Gasteiger partial charge in [0.25, 0.3) is 0 Å². The second-order valence-corrected chi connectivity index (χ2v) is 4.25. The molecule has 0 radical (unpaired) electrons. The molecule has 0 aromatic carbocycles. The summed E-state index contributed by atoms with van der Waals surface area (Å²) in [7, 11) is 0. The maximum absolute atomic E-state index is 5.51. The van der Waals surface area contributed by atoms with E-state index >= 15 is 0 Å². The minimum Gasteiger partial charge on any atom is -0.367 e. The first-order chi connectivity index (χ1) is 6.92. The number of aromatic nitrogens is 1. The van der Waals surface area contributed by atoms with Gasteiger partial charge >= 0.3 is 0 Å². The van der Waals surface area contributed by atoms with Gasteiger partial charge in [0.2, 0.25) is 0 Å². The molecule has 0 bridgehead atoms. The first kappa shape index (κ1) is 9.49. The molecule has 74 valence electrons. The fourth-order valence-corrected chi connectivity index (χ4v) is 2.49. The van der Waals surface area contributed by atoms with Crippen LogP contribution in [0.3, 0.4) is 0 Å². The summed E-state index contributed by atoms with van der Waals surface area (Å²) in [6.45, 7) is 0.768. The van der Waals surface area contributed by atoms with Gasteiger partial charge in [-0.15, -0.1) is 11.3 Å². The number of aryl methyl sites for hydroxylation is 1. The predicted molar refractivity (Wildman–Crippen MR) is 61.5 cm³/mol. The van der Waals surface area contributed by atoms with Crippen molar-refractivity contribution in [3.8, 4) is 11.1 Å². The number of nitrogens with two attached hydrogens (primary N) is 1. The number of thiophene rings is 1. The van der Waals surface area contributed by atoms with Crippen molar-refractivity contribution in [2.24, 2.45) is 5.73 Å². The van der Waals surface area contributed by atoms with Crippen molar-refractivity contribution in [1.82, 2.24) is 4.98 Å². The van der Waals surface area contributed by atoms with Gasteiger partial charge in [-0.3, -0.25) is 0 Å². The lowest BCUT2D eigenvalue weighted by molar-refractivity contribution is 0.844. The van der Waals surface area contributed by atoms with Gasteiger partial charge in [0.05, 0.1) is 0 Å². The summed E-state index contributed by atoms with van der Waals surface area (Å²) in [5.74, 6) is 0. The number of H-pyrrole nitrogens is 1. The highest BCUT2D eigenvalue weighted by atomic mass is 32.1. The maximum atomic E-state index is 5.51. The summed E-state index contributed by atoms with van der Waals surface area (Å²) in [6.07, 6.45) is 6.15. The van der Waals surface area contributed by atoms with Gasteiger partial charge in [0.1, 0.15) is 0 Å². The molecule has 3 N–H and O–H groups in total. The van der Waals surface area contributed by atoms with E-state index in [1.807, 2.05) is 23.7 Å². The molecular formula is C11H14N2S. The number of aromatic amines is 1. The Hall–Kier alpha value is -1.06. The topological polar surface area (TPSA) is 41.8 Å². The minimum absolute atomic E-state index is 0.768. The van der Waals surface area contributed by atoms with Crippen LogP contribution in [0, 0.1) is 0 Å². The average molecular weight is 206 g/mol. The summed E-state index contributed by atoms with van der Waals surface area (Å²) >= 11 is 1.82. The fourth-order valence-electron chi connectivity index (χ4n) is 1.55. The van der Waals surface area contributed by atoms with E-state index < -0.39 is 0 Å². The smallest absolute Gasteiger partial charge is 0.0125 e. The molecule has 0 unspecified atom stereocenters. The Labute approximate surface area is 87.8 Å². The molecule has 0 saturated heterocycles. The Bertz CT molecular complexity index is 376. The standard InChI is InChI=1S/C11H14N2S/c12-5-1-2-11-10(4-7-14-11)9-3-6-13-8-9/h3-4,6-8,13H,1-2,5,12H2. The number of rotatable bonds is 4. The Morgan fingerprint density at radius 3 is 3.00 bits per heavy atom. The molecule has 2 aromatic heterocycles. The van der Waals surface area contributed by atoms with Crippen molar-refractivity contribution in [3.05, 3.63) is 34.8 Å². The van der Waals surface area contributed by atoms with Crippen molar-refractivity contribution < 1.29 is 0 Å². The van der Waals surface area contributed by atoms with Gasteiger partial charge < -0.3 is 10.7 Å². The number of nitrogens with one attached hydrogen (secondary N) is 1. The van der Waals surface area contributed by atoms with Crippen LogP contribution in [0.1, 0.15) is 11.3 Å². The lowest BCUT2D eigenvalue weighted by Crippen LogP contribution is -1.99. The number of hydrogen-bond acceptors (Lipinski definition) is 2. The van der Waals surface area contributed by atoms with Gasteiger partial charge in [-0.2, -0.15) is 0 Å². The molecular weight excluding hydrogens is 192 g/mol. The van der Waals surface area contributed by atoms with Crippen molar-refractivity contribution in [2.45, 2.75) is 12.8 Å². The third-order valence-electron chi connectivity index (χ3n) is 2.26. The Balaban J connectivity index is 2.22. The molecule has 14 heavy (non-hydrogen) atoms. The molecule has 2 aromatic rings. The molecule has 2 rings (SSSR count).